The average molecular weight is 335 g/mol. The third kappa shape index (κ3) is 5.64. The SMILES string of the molecule is CCN(CC1CCN(C(=O)C[C@@H]2CCC[C@H]2N)C1)CC(F)(F)F. The average Bonchev–Trinajstić information content (AvgIpc) is 3.06. The fourth-order valence-electron chi connectivity index (χ4n) is 3.80. The highest BCUT2D eigenvalue weighted by molar-refractivity contribution is 5.76. The van der Waals surface area contributed by atoms with Gasteiger partial charge in [-0.1, -0.05) is 13.3 Å². The first-order valence-corrected chi connectivity index (χ1v) is 8.61. The molecule has 0 aromatic heterocycles. The van der Waals surface area contributed by atoms with Crippen molar-refractivity contribution in [2.45, 2.75) is 51.2 Å². The first kappa shape index (κ1) is 18.5. The Labute approximate surface area is 136 Å². The Kier molecular flexibility index (Phi) is 6.31. The van der Waals surface area contributed by atoms with Crippen LogP contribution in [0.5, 0.6) is 0 Å². The van der Waals surface area contributed by atoms with Crippen molar-refractivity contribution in [1.29, 1.82) is 0 Å². The summed E-state index contributed by atoms with van der Waals surface area (Å²) in [6, 6.07) is 0.125. The van der Waals surface area contributed by atoms with Crippen molar-refractivity contribution in [3.05, 3.63) is 0 Å². The minimum Gasteiger partial charge on any atom is -0.342 e. The van der Waals surface area contributed by atoms with Crippen molar-refractivity contribution in [3.63, 3.8) is 0 Å². The number of amides is 1. The summed E-state index contributed by atoms with van der Waals surface area (Å²) >= 11 is 0. The second-order valence-electron chi connectivity index (χ2n) is 7.00. The molecule has 2 rings (SSSR count). The molecule has 1 aliphatic carbocycles. The molecule has 2 aliphatic rings. The summed E-state index contributed by atoms with van der Waals surface area (Å²) in [4.78, 5) is 15.6. The van der Waals surface area contributed by atoms with Crippen LogP contribution in [0.15, 0.2) is 0 Å². The van der Waals surface area contributed by atoms with Gasteiger partial charge in [0.1, 0.15) is 0 Å². The van der Waals surface area contributed by atoms with E-state index in [0.717, 1.165) is 25.7 Å². The molecule has 23 heavy (non-hydrogen) atoms. The maximum atomic E-state index is 12.5. The number of rotatable bonds is 6. The van der Waals surface area contributed by atoms with E-state index in [1.54, 1.807) is 6.92 Å². The number of nitrogens with zero attached hydrogens (tertiary/aromatic N) is 2. The third-order valence-corrected chi connectivity index (χ3v) is 5.16. The Morgan fingerprint density at radius 3 is 2.61 bits per heavy atom. The first-order valence-electron chi connectivity index (χ1n) is 8.61. The zero-order valence-corrected chi connectivity index (χ0v) is 13.8. The van der Waals surface area contributed by atoms with Crippen LogP contribution in [0.3, 0.4) is 0 Å². The molecule has 1 saturated carbocycles. The smallest absolute Gasteiger partial charge is 0.342 e. The topological polar surface area (TPSA) is 49.6 Å². The van der Waals surface area contributed by atoms with Gasteiger partial charge in [0.15, 0.2) is 0 Å². The second kappa shape index (κ2) is 7.83. The van der Waals surface area contributed by atoms with Crippen molar-refractivity contribution in [2.75, 3.05) is 32.7 Å². The van der Waals surface area contributed by atoms with Crippen LogP contribution >= 0.6 is 0 Å². The van der Waals surface area contributed by atoms with Gasteiger partial charge in [0.25, 0.3) is 0 Å². The Bertz CT molecular complexity index is 403. The summed E-state index contributed by atoms with van der Waals surface area (Å²) < 4.78 is 37.6. The number of carbonyl (C=O) groups excluding carboxylic acids is 1. The molecule has 0 radical (unpaired) electrons. The van der Waals surface area contributed by atoms with Crippen LogP contribution < -0.4 is 5.73 Å². The standard InChI is InChI=1S/C16H28F3N3O/c1-2-21(11-16(17,18)19)9-12-6-7-22(10-12)15(23)8-13-4-3-5-14(13)20/h12-14H,2-11,20H2,1H3/t12?,13-,14+/m0/s1. The molecule has 7 heteroatoms. The largest absolute Gasteiger partial charge is 0.401 e. The lowest BCUT2D eigenvalue weighted by Crippen LogP contribution is -2.39. The molecule has 0 bridgehead atoms. The molecule has 0 aromatic carbocycles. The van der Waals surface area contributed by atoms with Gasteiger partial charge in [0.05, 0.1) is 6.54 Å². The van der Waals surface area contributed by atoms with Crippen LogP contribution in [0.2, 0.25) is 0 Å². The zero-order valence-electron chi connectivity index (χ0n) is 13.8. The zero-order chi connectivity index (χ0) is 17.0. The number of nitrogens with two attached hydrogens (primary N) is 1. The van der Waals surface area contributed by atoms with Crippen molar-refractivity contribution in [1.82, 2.24) is 9.80 Å². The van der Waals surface area contributed by atoms with E-state index in [2.05, 4.69) is 0 Å². The molecular weight excluding hydrogens is 307 g/mol. The highest BCUT2D eigenvalue weighted by Gasteiger charge is 2.34. The lowest BCUT2D eigenvalue weighted by atomic mass is 9.99. The number of halogens is 3. The molecular formula is C16H28F3N3O. The number of hydrogen-bond donors (Lipinski definition) is 1. The van der Waals surface area contributed by atoms with Gasteiger partial charge >= 0.3 is 6.18 Å². The van der Waals surface area contributed by atoms with Crippen molar-refractivity contribution in [3.8, 4) is 0 Å². The van der Waals surface area contributed by atoms with E-state index in [1.165, 1.54) is 4.90 Å². The molecule has 3 atom stereocenters. The second-order valence-corrected chi connectivity index (χ2v) is 7.00. The molecule has 4 nitrogen and oxygen atoms in total. The Hall–Kier alpha value is -0.820. The van der Waals surface area contributed by atoms with Crippen LogP contribution in [-0.2, 0) is 4.79 Å². The number of alkyl halides is 3. The van der Waals surface area contributed by atoms with Crippen LogP contribution in [0.25, 0.3) is 0 Å². The maximum Gasteiger partial charge on any atom is 0.401 e. The summed E-state index contributed by atoms with van der Waals surface area (Å²) in [5, 5.41) is 0. The van der Waals surface area contributed by atoms with E-state index < -0.39 is 12.7 Å². The lowest BCUT2D eigenvalue weighted by Gasteiger charge is -2.25. The van der Waals surface area contributed by atoms with Crippen LogP contribution in [0, 0.1) is 11.8 Å². The molecule has 0 aromatic rings. The molecule has 1 unspecified atom stereocenters. The fourth-order valence-corrected chi connectivity index (χ4v) is 3.80. The Morgan fingerprint density at radius 2 is 2.04 bits per heavy atom. The lowest BCUT2D eigenvalue weighted by molar-refractivity contribution is -0.146. The summed E-state index contributed by atoms with van der Waals surface area (Å²) in [6.45, 7) is 2.89. The summed E-state index contributed by atoms with van der Waals surface area (Å²) in [5.41, 5.74) is 6.01. The van der Waals surface area contributed by atoms with Gasteiger partial charge in [-0.3, -0.25) is 9.69 Å². The van der Waals surface area contributed by atoms with Crippen molar-refractivity contribution in [2.24, 2.45) is 17.6 Å². The Balaban J connectivity index is 1.77. The van der Waals surface area contributed by atoms with Crippen LogP contribution in [0.1, 0.15) is 39.0 Å². The van der Waals surface area contributed by atoms with Crippen LogP contribution in [0.4, 0.5) is 13.2 Å². The molecule has 2 N–H and O–H groups in total. The van der Waals surface area contributed by atoms with E-state index in [4.69, 9.17) is 5.73 Å². The van der Waals surface area contributed by atoms with Crippen LogP contribution in [-0.4, -0.2) is 60.6 Å². The summed E-state index contributed by atoms with van der Waals surface area (Å²) in [7, 11) is 0. The van der Waals surface area contributed by atoms with E-state index in [1.807, 2.05) is 4.90 Å². The minimum absolute atomic E-state index is 0.119. The van der Waals surface area contributed by atoms with E-state index in [-0.39, 0.29) is 23.8 Å². The number of hydrogen-bond acceptors (Lipinski definition) is 3. The summed E-state index contributed by atoms with van der Waals surface area (Å²) in [6.07, 6.45) is 0.209. The van der Waals surface area contributed by atoms with Gasteiger partial charge in [-0.2, -0.15) is 13.2 Å². The number of carbonyl (C=O) groups is 1. The van der Waals surface area contributed by atoms with E-state index in [0.29, 0.717) is 32.6 Å². The molecule has 0 spiro atoms. The van der Waals surface area contributed by atoms with Crippen molar-refractivity contribution < 1.29 is 18.0 Å². The quantitative estimate of drug-likeness (QED) is 0.810. The van der Waals surface area contributed by atoms with Gasteiger partial charge < -0.3 is 10.6 Å². The Morgan fingerprint density at radius 1 is 1.30 bits per heavy atom. The molecule has 1 amide bonds. The van der Waals surface area contributed by atoms with E-state index >= 15 is 0 Å². The molecule has 2 fully saturated rings. The van der Waals surface area contributed by atoms with Gasteiger partial charge in [-0.25, -0.2) is 0 Å². The third-order valence-electron chi connectivity index (χ3n) is 5.16. The first-order chi connectivity index (χ1) is 10.8. The van der Waals surface area contributed by atoms with Gasteiger partial charge in [0.2, 0.25) is 5.91 Å². The highest BCUT2D eigenvalue weighted by Crippen LogP contribution is 2.29. The number of likely N-dealkylation sites (tertiary alicyclic amines) is 1. The monoisotopic (exact) mass is 335 g/mol. The van der Waals surface area contributed by atoms with Gasteiger partial charge in [-0.05, 0) is 37.6 Å². The molecule has 134 valence electrons. The van der Waals surface area contributed by atoms with Crippen molar-refractivity contribution >= 4 is 5.91 Å². The predicted octanol–water partition coefficient (Wildman–Crippen LogP) is 2.24. The van der Waals surface area contributed by atoms with Gasteiger partial charge in [-0.15, -0.1) is 0 Å². The predicted molar refractivity (Wildman–Crippen MR) is 82.8 cm³/mol. The molecule has 1 heterocycles. The fraction of sp³-hybridized carbons (Fsp3) is 0.938. The minimum atomic E-state index is -4.16. The van der Waals surface area contributed by atoms with Gasteiger partial charge in [0, 0.05) is 32.1 Å². The molecule has 1 saturated heterocycles. The highest BCUT2D eigenvalue weighted by atomic mass is 19.4. The normalized spacial score (nSPS) is 28.8. The summed E-state index contributed by atoms with van der Waals surface area (Å²) in [5.74, 6) is 0.533. The van der Waals surface area contributed by atoms with E-state index in [9.17, 15) is 18.0 Å². The maximum absolute atomic E-state index is 12.5. The molecule has 1 aliphatic heterocycles.